The van der Waals surface area contributed by atoms with Crippen LogP contribution in [0.2, 0.25) is 0 Å². The number of halogens is 3. The minimum Gasteiger partial charge on any atom is -0.455 e. The maximum absolute atomic E-state index is 11.8. The summed E-state index contributed by atoms with van der Waals surface area (Å²) in [5.74, 6) is 0.269. The molecule has 4 bridgehead atoms. The molecule has 4 aliphatic carbocycles. The molecular weight excluding hydrogens is 477 g/mol. The highest BCUT2D eigenvalue weighted by molar-refractivity contribution is 14.1. The van der Waals surface area contributed by atoms with Gasteiger partial charge in [0.2, 0.25) is 0 Å². The van der Waals surface area contributed by atoms with Gasteiger partial charge in [-0.2, -0.15) is 0 Å². The van der Waals surface area contributed by atoms with Gasteiger partial charge in [0.15, 0.2) is 0 Å². The van der Waals surface area contributed by atoms with E-state index < -0.39 is 5.97 Å². The van der Waals surface area contributed by atoms with Gasteiger partial charge in [0.05, 0.1) is 0 Å². The van der Waals surface area contributed by atoms with Crippen molar-refractivity contribution in [3.63, 3.8) is 0 Å². The van der Waals surface area contributed by atoms with E-state index in [9.17, 15) is 4.79 Å². The van der Waals surface area contributed by atoms with Crippen molar-refractivity contribution in [2.75, 3.05) is 0 Å². The molecule has 100 valence electrons. The second-order valence-corrected chi connectivity index (χ2v) is 11.3. The fraction of sp³-hybridized carbons (Fsp3) is 0.769. The van der Waals surface area contributed by atoms with Gasteiger partial charge >= 0.3 is 5.97 Å². The molecule has 4 saturated carbocycles. The fourth-order valence-corrected chi connectivity index (χ4v) is 9.35. The summed E-state index contributed by atoms with van der Waals surface area (Å²) in [7, 11) is 0. The molecule has 4 rings (SSSR count). The SMILES string of the molecule is C=C(Cl)C(=O)OC12CC3CC(I)(CC(I)(C3)C1)C2. The normalized spacial score (nSPS) is 49.2. The minimum absolute atomic E-state index is 0.00392. The maximum Gasteiger partial charge on any atom is 0.349 e. The molecule has 0 spiro atoms. The largest absolute Gasteiger partial charge is 0.455 e. The Bertz CT molecular complexity index is 419. The highest BCUT2D eigenvalue weighted by Gasteiger charge is 2.63. The highest BCUT2D eigenvalue weighted by Crippen LogP contribution is 2.66. The first kappa shape index (κ1) is 13.9. The van der Waals surface area contributed by atoms with Crippen LogP contribution in [-0.2, 0) is 9.53 Å². The first-order chi connectivity index (χ1) is 8.23. The van der Waals surface area contributed by atoms with Gasteiger partial charge in [0, 0.05) is 19.7 Å². The van der Waals surface area contributed by atoms with Crippen LogP contribution in [0.1, 0.15) is 38.5 Å². The summed E-state index contributed by atoms with van der Waals surface area (Å²) in [4.78, 5) is 11.8. The van der Waals surface area contributed by atoms with Gasteiger partial charge in [0.25, 0.3) is 0 Å². The van der Waals surface area contributed by atoms with Crippen LogP contribution in [0, 0.1) is 5.92 Å². The molecule has 2 atom stereocenters. The van der Waals surface area contributed by atoms with Crippen LogP contribution in [0.15, 0.2) is 11.6 Å². The standard InChI is InChI=1S/C13H15ClI2O2/c1-8(14)10(17)18-13-4-9-2-11(15,6-13)5-12(16,3-9)7-13/h9H,1-7H2. The molecule has 18 heavy (non-hydrogen) atoms. The van der Waals surface area contributed by atoms with Gasteiger partial charge in [-0.15, -0.1) is 0 Å². The van der Waals surface area contributed by atoms with Crippen molar-refractivity contribution in [3.05, 3.63) is 11.6 Å². The first-order valence-electron chi connectivity index (χ1n) is 6.19. The number of alkyl halides is 2. The predicted octanol–water partition coefficient (Wildman–Crippen LogP) is 4.37. The molecular formula is C13H15ClI2O2. The summed E-state index contributed by atoms with van der Waals surface area (Å²) in [6.45, 7) is 3.48. The van der Waals surface area contributed by atoms with E-state index in [4.69, 9.17) is 16.3 Å². The predicted molar refractivity (Wildman–Crippen MR) is 88.5 cm³/mol. The zero-order chi connectivity index (χ0) is 13.2. The van der Waals surface area contributed by atoms with Crippen molar-refractivity contribution >= 4 is 62.8 Å². The molecule has 0 saturated heterocycles. The Balaban J connectivity index is 1.89. The number of esters is 1. The van der Waals surface area contributed by atoms with E-state index in [0.29, 0.717) is 12.8 Å². The summed E-state index contributed by atoms with van der Waals surface area (Å²) in [5, 5.41) is -0.00392. The Morgan fingerprint density at radius 3 is 2.17 bits per heavy atom. The van der Waals surface area contributed by atoms with Crippen LogP contribution in [0.25, 0.3) is 0 Å². The lowest BCUT2D eigenvalue weighted by atomic mass is 9.54. The van der Waals surface area contributed by atoms with Crippen LogP contribution >= 0.6 is 56.8 Å². The summed E-state index contributed by atoms with van der Waals surface area (Å²) in [6, 6.07) is 0. The van der Waals surface area contributed by atoms with Crippen molar-refractivity contribution in [2.45, 2.75) is 51.0 Å². The Morgan fingerprint density at radius 1 is 1.17 bits per heavy atom. The average molecular weight is 493 g/mol. The number of ether oxygens (including phenoxy) is 1. The number of carbonyl (C=O) groups is 1. The van der Waals surface area contributed by atoms with Crippen LogP contribution in [0.4, 0.5) is 0 Å². The van der Waals surface area contributed by atoms with E-state index in [1.54, 1.807) is 0 Å². The van der Waals surface area contributed by atoms with E-state index in [1.807, 2.05) is 0 Å². The Morgan fingerprint density at radius 2 is 1.72 bits per heavy atom. The molecule has 2 nitrogen and oxygen atoms in total. The maximum atomic E-state index is 11.8. The Labute approximate surface area is 140 Å². The van der Waals surface area contributed by atoms with Gasteiger partial charge < -0.3 is 4.74 Å². The second-order valence-electron chi connectivity index (χ2n) is 6.29. The van der Waals surface area contributed by atoms with E-state index in [2.05, 4.69) is 51.8 Å². The van der Waals surface area contributed by atoms with Crippen molar-refractivity contribution in [3.8, 4) is 0 Å². The summed E-state index contributed by atoms with van der Waals surface area (Å²) in [6.07, 6.45) is 6.78. The molecule has 0 aromatic rings. The van der Waals surface area contributed by atoms with Crippen LogP contribution in [0.5, 0.6) is 0 Å². The minimum atomic E-state index is -0.432. The molecule has 0 amide bonds. The van der Waals surface area contributed by atoms with E-state index in [1.165, 1.54) is 19.3 Å². The smallest absolute Gasteiger partial charge is 0.349 e. The lowest BCUT2D eigenvalue weighted by Gasteiger charge is -2.62. The Hall–Kier alpha value is 0.960. The lowest BCUT2D eigenvalue weighted by Crippen LogP contribution is -2.63. The van der Waals surface area contributed by atoms with Gasteiger partial charge in [-0.1, -0.05) is 63.4 Å². The molecule has 2 unspecified atom stereocenters. The number of rotatable bonds is 2. The number of carbonyl (C=O) groups excluding carboxylic acids is 1. The average Bonchev–Trinajstić information content (AvgIpc) is 2.09. The first-order valence-corrected chi connectivity index (χ1v) is 8.73. The molecule has 0 heterocycles. The van der Waals surface area contributed by atoms with Gasteiger partial charge in [-0.3, -0.25) is 0 Å². The number of hydrogen-bond donors (Lipinski definition) is 0. The van der Waals surface area contributed by atoms with Crippen molar-refractivity contribution in [1.82, 2.24) is 0 Å². The van der Waals surface area contributed by atoms with Gasteiger partial charge in [-0.05, 0) is 31.6 Å². The van der Waals surface area contributed by atoms with Crippen LogP contribution in [-0.4, -0.2) is 18.4 Å². The lowest BCUT2D eigenvalue weighted by molar-refractivity contribution is -0.173. The molecule has 0 N–H and O–H groups in total. The highest BCUT2D eigenvalue weighted by atomic mass is 127. The molecule has 0 aromatic carbocycles. The molecule has 4 fully saturated rings. The van der Waals surface area contributed by atoms with E-state index >= 15 is 0 Å². The van der Waals surface area contributed by atoms with E-state index in [-0.39, 0.29) is 10.6 Å². The van der Waals surface area contributed by atoms with Crippen molar-refractivity contribution < 1.29 is 9.53 Å². The third-order valence-corrected chi connectivity index (χ3v) is 6.97. The quantitative estimate of drug-likeness (QED) is 0.248. The van der Waals surface area contributed by atoms with Crippen LogP contribution < -0.4 is 0 Å². The molecule has 0 aliphatic heterocycles. The molecule has 5 heteroatoms. The van der Waals surface area contributed by atoms with Crippen LogP contribution in [0.3, 0.4) is 0 Å². The molecule has 0 radical (unpaired) electrons. The van der Waals surface area contributed by atoms with Crippen molar-refractivity contribution in [1.29, 1.82) is 0 Å². The fourth-order valence-electron chi connectivity index (χ4n) is 4.49. The van der Waals surface area contributed by atoms with Crippen molar-refractivity contribution in [2.24, 2.45) is 5.92 Å². The summed E-state index contributed by atoms with van der Waals surface area (Å²) < 4.78 is 6.39. The zero-order valence-electron chi connectivity index (χ0n) is 9.98. The van der Waals surface area contributed by atoms with Gasteiger partial charge in [0.1, 0.15) is 10.6 Å². The third-order valence-electron chi connectivity index (χ3n) is 4.41. The molecule has 4 aliphatic rings. The topological polar surface area (TPSA) is 26.3 Å². The third kappa shape index (κ3) is 2.34. The summed E-state index contributed by atoms with van der Waals surface area (Å²) >= 11 is 10.9. The Kier molecular flexibility index (Phi) is 3.27. The molecule has 0 aromatic heterocycles. The van der Waals surface area contributed by atoms with E-state index in [0.717, 1.165) is 19.3 Å². The van der Waals surface area contributed by atoms with Gasteiger partial charge in [-0.25, -0.2) is 4.79 Å². The monoisotopic (exact) mass is 492 g/mol. The zero-order valence-corrected chi connectivity index (χ0v) is 15.0. The summed E-state index contributed by atoms with van der Waals surface area (Å²) in [5.41, 5.74) is -0.281. The number of hydrogen-bond acceptors (Lipinski definition) is 2. The second kappa shape index (κ2) is 4.23.